The Morgan fingerprint density at radius 3 is 2.84 bits per heavy atom. The molecule has 3 rings (SSSR count). The molecule has 106 valence electrons. The van der Waals surface area contributed by atoms with E-state index in [4.69, 9.17) is 5.73 Å². The topological polar surface area (TPSA) is 47.1 Å². The van der Waals surface area contributed by atoms with Crippen LogP contribution in [-0.2, 0) is 6.54 Å². The SMILES string of the molecule is Nc1ccn(CCCN2CCCC3CCCCC32)n1. The van der Waals surface area contributed by atoms with Gasteiger partial charge in [0.05, 0.1) is 0 Å². The van der Waals surface area contributed by atoms with Crippen molar-refractivity contribution in [2.24, 2.45) is 5.92 Å². The summed E-state index contributed by atoms with van der Waals surface area (Å²) >= 11 is 0. The summed E-state index contributed by atoms with van der Waals surface area (Å²) in [7, 11) is 0. The monoisotopic (exact) mass is 262 g/mol. The first kappa shape index (κ1) is 13.0. The first-order valence-electron chi connectivity index (χ1n) is 7.86. The minimum Gasteiger partial charge on any atom is -0.382 e. The van der Waals surface area contributed by atoms with Crippen molar-refractivity contribution >= 4 is 5.82 Å². The number of nitrogens with two attached hydrogens (primary N) is 1. The highest BCUT2D eigenvalue weighted by Gasteiger charge is 2.32. The molecular formula is C15H26N4. The van der Waals surface area contributed by atoms with Crippen LogP contribution in [0.15, 0.2) is 12.3 Å². The molecule has 2 fully saturated rings. The third kappa shape index (κ3) is 3.11. The number of rotatable bonds is 4. The predicted molar refractivity (Wildman–Crippen MR) is 77.8 cm³/mol. The minimum absolute atomic E-state index is 0.630. The van der Waals surface area contributed by atoms with E-state index in [1.54, 1.807) is 0 Å². The van der Waals surface area contributed by atoms with Gasteiger partial charge in [0.15, 0.2) is 0 Å². The van der Waals surface area contributed by atoms with E-state index in [1.807, 2.05) is 16.9 Å². The molecule has 0 aromatic carbocycles. The summed E-state index contributed by atoms with van der Waals surface area (Å²) < 4.78 is 1.97. The lowest BCUT2D eigenvalue weighted by molar-refractivity contribution is 0.0589. The maximum absolute atomic E-state index is 5.64. The van der Waals surface area contributed by atoms with Crippen molar-refractivity contribution in [3.8, 4) is 0 Å². The van der Waals surface area contributed by atoms with Gasteiger partial charge in [-0.05, 0) is 50.6 Å². The number of hydrogen-bond donors (Lipinski definition) is 1. The smallest absolute Gasteiger partial charge is 0.145 e. The highest BCUT2D eigenvalue weighted by atomic mass is 15.3. The van der Waals surface area contributed by atoms with Crippen LogP contribution in [0.1, 0.15) is 44.9 Å². The van der Waals surface area contributed by atoms with E-state index in [1.165, 1.54) is 58.0 Å². The second-order valence-electron chi connectivity index (χ2n) is 6.15. The molecule has 1 saturated heterocycles. The summed E-state index contributed by atoms with van der Waals surface area (Å²) in [6, 6.07) is 2.75. The lowest BCUT2D eigenvalue weighted by atomic mass is 9.78. The lowest BCUT2D eigenvalue weighted by Crippen LogP contribution is -2.47. The maximum Gasteiger partial charge on any atom is 0.145 e. The van der Waals surface area contributed by atoms with Gasteiger partial charge in [-0.3, -0.25) is 4.68 Å². The van der Waals surface area contributed by atoms with Crippen molar-refractivity contribution in [1.82, 2.24) is 14.7 Å². The molecule has 2 N–H and O–H groups in total. The van der Waals surface area contributed by atoms with Crippen LogP contribution >= 0.6 is 0 Å². The molecule has 2 heterocycles. The lowest BCUT2D eigenvalue weighted by Gasteiger charge is -2.44. The zero-order valence-electron chi connectivity index (χ0n) is 11.8. The molecule has 0 radical (unpaired) electrons. The highest BCUT2D eigenvalue weighted by Crippen LogP contribution is 2.35. The maximum atomic E-state index is 5.64. The van der Waals surface area contributed by atoms with E-state index in [-0.39, 0.29) is 0 Å². The second-order valence-corrected chi connectivity index (χ2v) is 6.15. The number of nitrogen functional groups attached to an aromatic ring is 1. The van der Waals surface area contributed by atoms with Crippen molar-refractivity contribution in [2.45, 2.75) is 57.5 Å². The predicted octanol–water partition coefficient (Wildman–Crippen LogP) is 2.51. The fourth-order valence-electron chi connectivity index (χ4n) is 3.94. The second kappa shape index (κ2) is 5.95. The molecule has 1 aliphatic carbocycles. The largest absolute Gasteiger partial charge is 0.382 e. The number of fused-ring (bicyclic) bond motifs is 1. The molecule has 2 aliphatic rings. The molecule has 0 bridgehead atoms. The van der Waals surface area contributed by atoms with E-state index in [2.05, 4.69) is 10.00 Å². The summed E-state index contributed by atoms with van der Waals surface area (Å²) in [6.45, 7) is 3.52. The van der Waals surface area contributed by atoms with E-state index >= 15 is 0 Å². The number of likely N-dealkylation sites (tertiary alicyclic amines) is 1. The molecule has 0 amide bonds. The van der Waals surface area contributed by atoms with Gasteiger partial charge in [0.2, 0.25) is 0 Å². The first-order valence-corrected chi connectivity index (χ1v) is 7.86. The Balaban J connectivity index is 1.48. The Kier molecular flexibility index (Phi) is 4.06. The van der Waals surface area contributed by atoms with Crippen molar-refractivity contribution in [3.63, 3.8) is 0 Å². The number of nitrogens with zero attached hydrogens (tertiary/aromatic N) is 3. The molecule has 1 aromatic rings. The van der Waals surface area contributed by atoms with E-state index in [0.29, 0.717) is 5.82 Å². The molecule has 1 aromatic heterocycles. The summed E-state index contributed by atoms with van der Waals surface area (Å²) in [5, 5.41) is 4.25. The van der Waals surface area contributed by atoms with Gasteiger partial charge in [0.25, 0.3) is 0 Å². The van der Waals surface area contributed by atoms with E-state index in [9.17, 15) is 0 Å². The summed E-state index contributed by atoms with van der Waals surface area (Å²) in [6.07, 6.45) is 11.8. The van der Waals surface area contributed by atoms with Crippen molar-refractivity contribution < 1.29 is 0 Å². The van der Waals surface area contributed by atoms with Crippen LogP contribution < -0.4 is 5.73 Å². The van der Waals surface area contributed by atoms with E-state index in [0.717, 1.165) is 18.5 Å². The molecule has 4 heteroatoms. The minimum atomic E-state index is 0.630. The van der Waals surface area contributed by atoms with Crippen LogP contribution in [-0.4, -0.2) is 33.8 Å². The van der Waals surface area contributed by atoms with Gasteiger partial charge in [0, 0.05) is 25.3 Å². The summed E-state index contributed by atoms with van der Waals surface area (Å²) in [5.74, 6) is 1.62. The van der Waals surface area contributed by atoms with Gasteiger partial charge in [-0.2, -0.15) is 5.10 Å². The van der Waals surface area contributed by atoms with Crippen molar-refractivity contribution in [1.29, 1.82) is 0 Å². The van der Waals surface area contributed by atoms with Gasteiger partial charge in [-0.25, -0.2) is 0 Å². The Morgan fingerprint density at radius 1 is 1.16 bits per heavy atom. The molecule has 0 spiro atoms. The van der Waals surface area contributed by atoms with Crippen LogP contribution in [0.4, 0.5) is 5.82 Å². The van der Waals surface area contributed by atoms with Crippen molar-refractivity contribution in [3.05, 3.63) is 12.3 Å². The molecular weight excluding hydrogens is 236 g/mol. The number of aromatic nitrogens is 2. The zero-order valence-corrected chi connectivity index (χ0v) is 11.8. The molecule has 1 saturated carbocycles. The normalized spacial score (nSPS) is 28.2. The molecule has 1 aliphatic heterocycles. The van der Waals surface area contributed by atoms with Crippen LogP contribution in [0, 0.1) is 5.92 Å². The van der Waals surface area contributed by atoms with E-state index < -0.39 is 0 Å². The summed E-state index contributed by atoms with van der Waals surface area (Å²) in [4.78, 5) is 2.75. The van der Waals surface area contributed by atoms with Gasteiger partial charge in [-0.15, -0.1) is 0 Å². The third-order valence-electron chi connectivity index (χ3n) is 4.85. The fraction of sp³-hybridized carbons (Fsp3) is 0.800. The van der Waals surface area contributed by atoms with Crippen LogP contribution in [0.3, 0.4) is 0 Å². The Hall–Kier alpha value is -1.03. The quantitative estimate of drug-likeness (QED) is 0.907. The number of hydrogen-bond acceptors (Lipinski definition) is 3. The fourth-order valence-corrected chi connectivity index (χ4v) is 3.94. The van der Waals surface area contributed by atoms with Gasteiger partial charge >= 0.3 is 0 Å². The van der Waals surface area contributed by atoms with Crippen LogP contribution in [0.25, 0.3) is 0 Å². The summed E-state index contributed by atoms with van der Waals surface area (Å²) in [5.41, 5.74) is 5.64. The number of anilines is 1. The Morgan fingerprint density at radius 2 is 2.00 bits per heavy atom. The van der Waals surface area contributed by atoms with Crippen LogP contribution in [0.2, 0.25) is 0 Å². The van der Waals surface area contributed by atoms with Gasteiger partial charge in [0.1, 0.15) is 5.82 Å². The molecule has 2 atom stereocenters. The van der Waals surface area contributed by atoms with Crippen LogP contribution in [0.5, 0.6) is 0 Å². The standard InChI is InChI=1S/C15H26N4/c16-15-8-12-19(17-15)11-4-10-18-9-3-6-13-5-1-2-7-14(13)18/h8,12-14H,1-7,9-11H2,(H2,16,17). The molecule has 4 nitrogen and oxygen atoms in total. The Bertz CT molecular complexity index is 399. The number of piperidine rings is 1. The molecule has 19 heavy (non-hydrogen) atoms. The molecule has 2 unspecified atom stereocenters. The number of aryl methyl sites for hydroxylation is 1. The zero-order chi connectivity index (χ0) is 13.1. The van der Waals surface area contributed by atoms with Gasteiger partial charge in [-0.1, -0.05) is 12.8 Å². The average molecular weight is 262 g/mol. The van der Waals surface area contributed by atoms with Crippen molar-refractivity contribution in [2.75, 3.05) is 18.8 Å². The first-order chi connectivity index (χ1) is 9.33. The van der Waals surface area contributed by atoms with Gasteiger partial charge < -0.3 is 10.6 Å². The third-order valence-corrected chi connectivity index (χ3v) is 4.85. The average Bonchev–Trinajstić information content (AvgIpc) is 2.85. The highest BCUT2D eigenvalue weighted by molar-refractivity contribution is 5.23. The Labute approximate surface area is 116 Å².